The number of hydrogen-bond donors (Lipinski definition) is 0. The smallest absolute Gasteiger partial charge is 0.196 e. The van der Waals surface area contributed by atoms with Gasteiger partial charge < -0.3 is 4.74 Å². The quantitative estimate of drug-likeness (QED) is 0.262. The molecule has 7 nitrogen and oxygen atoms in total. The Morgan fingerprint density at radius 3 is 2.44 bits per heavy atom. The molecule has 9 heteroatoms. The Hall–Kier alpha value is -3.56. The van der Waals surface area contributed by atoms with Crippen LogP contribution in [0.5, 0.6) is 5.75 Å². The molecule has 0 saturated carbocycles. The Balaban J connectivity index is 1.37. The molecule has 5 aromatic rings. The lowest BCUT2D eigenvalue weighted by atomic mass is 10.1. The summed E-state index contributed by atoms with van der Waals surface area (Å²) in [6, 6.07) is 18.0. The molecule has 3 heterocycles. The number of aryl methyl sites for hydroxylation is 2. The third-order valence-corrected chi connectivity index (χ3v) is 6.98. The van der Waals surface area contributed by atoms with Crippen LogP contribution in [-0.4, -0.2) is 29.7 Å². The van der Waals surface area contributed by atoms with Crippen molar-refractivity contribution in [2.75, 3.05) is 0 Å². The summed E-state index contributed by atoms with van der Waals surface area (Å²) in [5.41, 5.74) is 4.14. The lowest BCUT2D eigenvalue weighted by Gasteiger charge is -2.13. The van der Waals surface area contributed by atoms with Gasteiger partial charge in [0.05, 0.1) is 5.69 Å². The van der Waals surface area contributed by atoms with Gasteiger partial charge in [-0.05, 0) is 43.2 Å². The normalized spacial score (nSPS) is 11.0. The summed E-state index contributed by atoms with van der Waals surface area (Å²) < 4.78 is 8.23. The number of ether oxygens (including phenoxy) is 1. The first-order chi connectivity index (χ1) is 16.7. The van der Waals surface area contributed by atoms with Gasteiger partial charge in [0.1, 0.15) is 12.4 Å². The van der Waals surface area contributed by atoms with Gasteiger partial charge in [-0.25, -0.2) is 15.0 Å². The van der Waals surface area contributed by atoms with Gasteiger partial charge in [-0.1, -0.05) is 48.2 Å². The second-order valence-electron chi connectivity index (χ2n) is 7.58. The van der Waals surface area contributed by atoms with Crippen molar-refractivity contribution in [2.45, 2.75) is 31.4 Å². The van der Waals surface area contributed by atoms with E-state index in [9.17, 15) is 0 Å². The van der Waals surface area contributed by atoms with Crippen LogP contribution in [0.25, 0.3) is 16.5 Å². The Morgan fingerprint density at radius 1 is 0.912 bits per heavy atom. The van der Waals surface area contributed by atoms with Gasteiger partial charge in [0.25, 0.3) is 0 Å². The Bertz CT molecular complexity index is 1370. The SMILES string of the molecule is Cc1cccc(C)c1OCc1nnc(SCc2csc(-c3ncccn3)n2)n1-c1ccccc1. The predicted molar refractivity (Wildman–Crippen MR) is 134 cm³/mol. The van der Waals surface area contributed by atoms with Crippen molar-refractivity contribution >= 4 is 23.1 Å². The summed E-state index contributed by atoms with van der Waals surface area (Å²) in [6.45, 7) is 4.42. The molecule has 0 bridgehead atoms. The van der Waals surface area contributed by atoms with Crippen LogP contribution in [0.3, 0.4) is 0 Å². The Labute approximate surface area is 205 Å². The summed E-state index contributed by atoms with van der Waals surface area (Å²) in [6.07, 6.45) is 3.45. The van der Waals surface area contributed by atoms with E-state index in [1.165, 1.54) is 11.3 Å². The van der Waals surface area contributed by atoms with Crippen molar-refractivity contribution in [3.63, 3.8) is 0 Å². The highest BCUT2D eigenvalue weighted by Gasteiger charge is 2.17. The van der Waals surface area contributed by atoms with Gasteiger partial charge in [-0.2, -0.15) is 0 Å². The van der Waals surface area contributed by atoms with Gasteiger partial charge in [-0.15, -0.1) is 21.5 Å². The zero-order valence-corrected chi connectivity index (χ0v) is 20.4. The van der Waals surface area contributed by atoms with Gasteiger partial charge in [0.2, 0.25) is 0 Å². The standard InChI is InChI=1S/C25H22N6OS2/c1-17-8-6-9-18(2)22(17)32-14-21-29-30-25(31(21)20-10-4-3-5-11-20)34-16-19-15-33-24(28-19)23-26-12-7-13-27-23/h3-13,15H,14,16H2,1-2H3. The van der Waals surface area contributed by atoms with Crippen molar-refractivity contribution in [1.82, 2.24) is 29.7 Å². The fourth-order valence-corrected chi connectivity index (χ4v) is 5.24. The molecule has 0 fully saturated rings. The van der Waals surface area contributed by atoms with E-state index >= 15 is 0 Å². The molecular weight excluding hydrogens is 464 g/mol. The molecule has 2 aromatic carbocycles. The molecule has 0 saturated heterocycles. The molecule has 0 radical (unpaired) electrons. The first-order valence-corrected chi connectivity index (χ1v) is 12.6. The Kier molecular flexibility index (Phi) is 6.64. The maximum Gasteiger partial charge on any atom is 0.196 e. The maximum absolute atomic E-state index is 6.19. The highest BCUT2D eigenvalue weighted by atomic mass is 32.2. The van der Waals surface area contributed by atoms with Crippen molar-refractivity contribution in [3.05, 3.63) is 95.0 Å². The number of nitrogens with zero attached hydrogens (tertiary/aromatic N) is 6. The molecule has 0 aliphatic carbocycles. The monoisotopic (exact) mass is 486 g/mol. The molecule has 5 rings (SSSR count). The summed E-state index contributed by atoms with van der Waals surface area (Å²) in [5.74, 6) is 2.93. The van der Waals surface area contributed by atoms with E-state index in [4.69, 9.17) is 9.72 Å². The van der Waals surface area contributed by atoms with Crippen LogP contribution in [0.15, 0.2) is 77.5 Å². The van der Waals surface area contributed by atoms with Crippen molar-refractivity contribution in [1.29, 1.82) is 0 Å². The molecule has 0 N–H and O–H groups in total. The molecule has 0 aliphatic heterocycles. The van der Waals surface area contributed by atoms with E-state index in [0.29, 0.717) is 18.2 Å². The summed E-state index contributed by atoms with van der Waals surface area (Å²) in [7, 11) is 0. The average Bonchev–Trinajstić information content (AvgIpc) is 3.51. The third-order valence-electron chi connectivity index (χ3n) is 5.13. The number of hydrogen-bond acceptors (Lipinski definition) is 8. The molecule has 170 valence electrons. The molecular formula is C25H22N6OS2. The molecule has 0 unspecified atom stereocenters. The first-order valence-electron chi connectivity index (χ1n) is 10.7. The molecule has 0 aliphatic rings. The first kappa shape index (κ1) is 22.2. The Morgan fingerprint density at radius 2 is 1.68 bits per heavy atom. The van der Waals surface area contributed by atoms with E-state index < -0.39 is 0 Å². The molecule has 0 spiro atoms. The van der Waals surface area contributed by atoms with Crippen LogP contribution in [0.2, 0.25) is 0 Å². The van der Waals surface area contributed by atoms with E-state index in [0.717, 1.165) is 44.2 Å². The summed E-state index contributed by atoms with van der Waals surface area (Å²) in [4.78, 5) is 13.3. The second-order valence-corrected chi connectivity index (χ2v) is 9.39. The minimum absolute atomic E-state index is 0.320. The maximum atomic E-state index is 6.19. The summed E-state index contributed by atoms with van der Waals surface area (Å²) >= 11 is 3.13. The molecule has 34 heavy (non-hydrogen) atoms. The number of aromatic nitrogens is 6. The van der Waals surface area contributed by atoms with Crippen LogP contribution < -0.4 is 4.74 Å². The largest absolute Gasteiger partial charge is 0.485 e. The molecule has 0 amide bonds. The highest BCUT2D eigenvalue weighted by Crippen LogP contribution is 2.29. The highest BCUT2D eigenvalue weighted by molar-refractivity contribution is 7.98. The van der Waals surface area contributed by atoms with Crippen LogP contribution in [0, 0.1) is 13.8 Å². The number of rotatable bonds is 8. The number of para-hydroxylation sites is 2. The van der Waals surface area contributed by atoms with Gasteiger partial charge in [0.15, 0.2) is 21.8 Å². The van der Waals surface area contributed by atoms with Crippen LogP contribution in [-0.2, 0) is 12.4 Å². The van der Waals surface area contributed by atoms with E-state index in [1.807, 2.05) is 72.3 Å². The topological polar surface area (TPSA) is 78.6 Å². The van der Waals surface area contributed by atoms with E-state index in [1.54, 1.807) is 30.2 Å². The van der Waals surface area contributed by atoms with Gasteiger partial charge >= 0.3 is 0 Å². The minimum Gasteiger partial charge on any atom is -0.485 e. The molecule has 0 atom stereocenters. The molecule has 3 aromatic heterocycles. The fourth-order valence-electron chi connectivity index (χ4n) is 3.51. The fraction of sp³-hybridized carbons (Fsp3) is 0.160. The third kappa shape index (κ3) is 4.85. The van der Waals surface area contributed by atoms with Crippen LogP contribution in [0.4, 0.5) is 0 Å². The van der Waals surface area contributed by atoms with Crippen LogP contribution >= 0.6 is 23.1 Å². The van der Waals surface area contributed by atoms with Crippen molar-refractivity contribution in [2.24, 2.45) is 0 Å². The zero-order chi connectivity index (χ0) is 23.3. The van der Waals surface area contributed by atoms with Gasteiger partial charge in [-0.3, -0.25) is 4.57 Å². The lowest BCUT2D eigenvalue weighted by Crippen LogP contribution is -2.07. The van der Waals surface area contributed by atoms with E-state index in [-0.39, 0.29) is 0 Å². The van der Waals surface area contributed by atoms with Crippen molar-refractivity contribution < 1.29 is 4.74 Å². The zero-order valence-electron chi connectivity index (χ0n) is 18.8. The lowest BCUT2D eigenvalue weighted by molar-refractivity contribution is 0.289. The number of benzene rings is 2. The van der Waals surface area contributed by atoms with E-state index in [2.05, 4.69) is 20.2 Å². The van der Waals surface area contributed by atoms with Gasteiger partial charge in [0, 0.05) is 29.2 Å². The summed E-state index contributed by atoms with van der Waals surface area (Å²) in [5, 5.41) is 12.6. The average molecular weight is 487 g/mol. The van der Waals surface area contributed by atoms with Crippen molar-refractivity contribution in [3.8, 4) is 22.3 Å². The minimum atomic E-state index is 0.320. The second kappa shape index (κ2) is 10.1. The number of thiazole rings is 1. The predicted octanol–water partition coefficient (Wildman–Crippen LogP) is 5.67. The number of thioether (sulfide) groups is 1. The van der Waals surface area contributed by atoms with Crippen LogP contribution in [0.1, 0.15) is 22.6 Å².